The highest BCUT2D eigenvalue weighted by molar-refractivity contribution is 7.18. The second kappa shape index (κ2) is 6.89. The van der Waals surface area contributed by atoms with E-state index in [0.717, 1.165) is 28.5 Å². The van der Waals surface area contributed by atoms with Crippen molar-refractivity contribution in [3.63, 3.8) is 0 Å². The van der Waals surface area contributed by atoms with Crippen LogP contribution in [0.4, 0.5) is 5.82 Å². The zero-order chi connectivity index (χ0) is 16.4. The fourth-order valence-corrected chi connectivity index (χ4v) is 4.38. The molecule has 1 aliphatic carbocycles. The summed E-state index contributed by atoms with van der Waals surface area (Å²) in [5.41, 5.74) is 1.08. The summed E-state index contributed by atoms with van der Waals surface area (Å²) in [6, 6.07) is 13.1. The monoisotopic (exact) mass is 337 g/mol. The van der Waals surface area contributed by atoms with E-state index in [2.05, 4.69) is 30.4 Å². The smallest absolute Gasteiger partial charge is 0.163 e. The van der Waals surface area contributed by atoms with Crippen molar-refractivity contribution in [2.24, 2.45) is 0 Å². The first-order valence-electron chi connectivity index (χ1n) is 8.96. The number of benzene rings is 1. The average Bonchev–Trinajstić information content (AvgIpc) is 3.07. The van der Waals surface area contributed by atoms with Gasteiger partial charge in [-0.05, 0) is 25.3 Å². The molecule has 0 aliphatic heterocycles. The first-order chi connectivity index (χ1) is 11.8. The molecule has 0 radical (unpaired) electrons. The largest absolute Gasteiger partial charge is 0.367 e. The molecule has 2 heterocycles. The minimum Gasteiger partial charge on any atom is -0.367 e. The summed E-state index contributed by atoms with van der Waals surface area (Å²) in [4.78, 5) is 12.2. The lowest BCUT2D eigenvalue weighted by Crippen LogP contribution is -2.23. The third-order valence-electron chi connectivity index (χ3n) is 4.77. The lowest BCUT2D eigenvalue weighted by molar-refractivity contribution is 0.462. The van der Waals surface area contributed by atoms with Gasteiger partial charge in [-0.15, -0.1) is 11.3 Å². The summed E-state index contributed by atoms with van der Waals surface area (Å²) < 4.78 is 0. The molecule has 0 atom stereocenters. The van der Waals surface area contributed by atoms with E-state index in [1.807, 2.05) is 18.2 Å². The van der Waals surface area contributed by atoms with Gasteiger partial charge in [0.25, 0.3) is 0 Å². The minimum atomic E-state index is 0.547. The highest BCUT2D eigenvalue weighted by Crippen LogP contribution is 2.33. The number of rotatable bonds is 4. The first-order valence-corrected chi connectivity index (χ1v) is 9.77. The fourth-order valence-electron chi connectivity index (χ4n) is 3.41. The third-order valence-corrected chi connectivity index (χ3v) is 5.94. The average molecular weight is 337 g/mol. The Morgan fingerprint density at radius 2 is 1.88 bits per heavy atom. The van der Waals surface area contributed by atoms with E-state index in [9.17, 15) is 0 Å². The predicted molar refractivity (Wildman–Crippen MR) is 103 cm³/mol. The van der Waals surface area contributed by atoms with Crippen molar-refractivity contribution in [2.75, 3.05) is 5.32 Å². The van der Waals surface area contributed by atoms with Crippen molar-refractivity contribution in [3.05, 3.63) is 41.3 Å². The van der Waals surface area contributed by atoms with E-state index < -0.39 is 0 Å². The molecule has 1 saturated carbocycles. The standard InChI is InChI=1S/C20H23N3S/c1-2-16-13-17-19(21-15-11-7-4-8-12-15)22-18(23-20(17)24-16)14-9-5-3-6-10-14/h3,5-6,9-10,13,15H,2,4,7-8,11-12H2,1H3,(H,21,22,23). The lowest BCUT2D eigenvalue weighted by atomic mass is 9.95. The first kappa shape index (κ1) is 15.6. The molecule has 2 aromatic heterocycles. The van der Waals surface area contributed by atoms with E-state index in [1.165, 1.54) is 42.4 Å². The van der Waals surface area contributed by atoms with Crippen LogP contribution in [0, 0.1) is 0 Å². The summed E-state index contributed by atoms with van der Waals surface area (Å²) in [6.45, 7) is 2.20. The van der Waals surface area contributed by atoms with E-state index in [0.29, 0.717) is 6.04 Å². The van der Waals surface area contributed by atoms with Crippen LogP contribution in [0.1, 0.15) is 43.9 Å². The van der Waals surface area contributed by atoms with Gasteiger partial charge in [0.05, 0.1) is 5.39 Å². The number of anilines is 1. The molecular formula is C20H23N3S. The van der Waals surface area contributed by atoms with E-state index in [-0.39, 0.29) is 0 Å². The van der Waals surface area contributed by atoms with Crippen LogP contribution in [0.2, 0.25) is 0 Å². The molecule has 3 aromatic rings. The molecule has 1 aromatic carbocycles. The van der Waals surface area contributed by atoms with Gasteiger partial charge in [-0.3, -0.25) is 0 Å². The molecule has 124 valence electrons. The van der Waals surface area contributed by atoms with Crippen LogP contribution in [0.5, 0.6) is 0 Å². The van der Waals surface area contributed by atoms with Crippen LogP contribution >= 0.6 is 11.3 Å². The number of aryl methyl sites for hydroxylation is 1. The maximum atomic E-state index is 4.90. The van der Waals surface area contributed by atoms with E-state index in [4.69, 9.17) is 9.97 Å². The van der Waals surface area contributed by atoms with Crippen molar-refractivity contribution in [2.45, 2.75) is 51.5 Å². The van der Waals surface area contributed by atoms with Crippen molar-refractivity contribution in [1.82, 2.24) is 9.97 Å². The Kier molecular flexibility index (Phi) is 4.48. The van der Waals surface area contributed by atoms with Gasteiger partial charge in [-0.25, -0.2) is 9.97 Å². The molecule has 0 saturated heterocycles. The highest BCUT2D eigenvalue weighted by Gasteiger charge is 2.18. The molecule has 4 heteroatoms. The molecule has 24 heavy (non-hydrogen) atoms. The van der Waals surface area contributed by atoms with Gasteiger partial charge in [0, 0.05) is 16.5 Å². The summed E-state index contributed by atoms with van der Waals surface area (Å²) in [5.74, 6) is 1.84. The number of fused-ring (bicyclic) bond motifs is 1. The van der Waals surface area contributed by atoms with Gasteiger partial charge < -0.3 is 5.32 Å². The molecule has 1 fully saturated rings. The van der Waals surface area contributed by atoms with Gasteiger partial charge in [-0.1, -0.05) is 56.5 Å². The molecule has 1 aliphatic rings. The van der Waals surface area contributed by atoms with Gasteiger partial charge in [-0.2, -0.15) is 0 Å². The van der Waals surface area contributed by atoms with Crippen LogP contribution in [0.25, 0.3) is 21.6 Å². The molecule has 1 N–H and O–H groups in total. The topological polar surface area (TPSA) is 37.8 Å². The highest BCUT2D eigenvalue weighted by atomic mass is 32.1. The summed E-state index contributed by atoms with van der Waals surface area (Å²) in [6.07, 6.45) is 7.55. The van der Waals surface area contributed by atoms with Gasteiger partial charge in [0.1, 0.15) is 10.6 Å². The van der Waals surface area contributed by atoms with Crippen LogP contribution in [-0.4, -0.2) is 16.0 Å². The van der Waals surface area contributed by atoms with Crippen LogP contribution < -0.4 is 5.32 Å². The van der Waals surface area contributed by atoms with Crippen LogP contribution in [0.3, 0.4) is 0 Å². The predicted octanol–water partition coefficient (Wildman–Crippen LogP) is 5.67. The zero-order valence-corrected chi connectivity index (χ0v) is 14.9. The number of nitrogens with one attached hydrogen (secondary N) is 1. The molecule has 0 bridgehead atoms. The number of hydrogen-bond donors (Lipinski definition) is 1. The third kappa shape index (κ3) is 3.16. The van der Waals surface area contributed by atoms with E-state index in [1.54, 1.807) is 11.3 Å². The van der Waals surface area contributed by atoms with Gasteiger partial charge in [0.15, 0.2) is 5.82 Å². The summed E-state index contributed by atoms with van der Waals surface area (Å²) in [7, 11) is 0. The van der Waals surface area contributed by atoms with Crippen molar-refractivity contribution >= 4 is 27.4 Å². The molecule has 4 rings (SSSR count). The quantitative estimate of drug-likeness (QED) is 0.667. The fraction of sp³-hybridized carbons (Fsp3) is 0.400. The Labute approximate surface area is 147 Å². The molecule has 3 nitrogen and oxygen atoms in total. The minimum absolute atomic E-state index is 0.547. The number of aromatic nitrogens is 2. The Hall–Kier alpha value is -1.94. The van der Waals surface area contributed by atoms with Crippen LogP contribution in [0.15, 0.2) is 36.4 Å². The van der Waals surface area contributed by atoms with Gasteiger partial charge in [0.2, 0.25) is 0 Å². The lowest BCUT2D eigenvalue weighted by Gasteiger charge is -2.23. The maximum absolute atomic E-state index is 4.90. The summed E-state index contributed by atoms with van der Waals surface area (Å²) in [5, 5.41) is 4.91. The van der Waals surface area contributed by atoms with E-state index >= 15 is 0 Å². The van der Waals surface area contributed by atoms with Crippen LogP contribution in [-0.2, 0) is 6.42 Å². The number of nitrogens with zero attached hydrogens (tertiary/aromatic N) is 2. The second-order valence-electron chi connectivity index (χ2n) is 6.53. The molecule has 0 amide bonds. The second-order valence-corrected chi connectivity index (χ2v) is 7.64. The van der Waals surface area contributed by atoms with Crippen molar-refractivity contribution in [1.29, 1.82) is 0 Å². The van der Waals surface area contributed by atoms with Gasteiger partial charge >= 0.3 is 0 Å². The SMILES string of the molecule is CCc1cc2c(NC3CCCCC3)nc(-c3ccccc3)nc2s1. The molecule has 0 spiro atoms. The Balaban J connectivity index is 1.77. The Morgan fingerprint density at radius 3 is 2.62 bits per heavy atom. The Bertz CT molecular complexity index is 820. The number of thiophene rings is 1. The van der Waals surface area contributed by atoms with Crippen molar-refractivity contribution in [3.8, 4) is 11.4 Å². The molecular weight excluding hydrogens is 314 g/mol. The molecule has 0 unspecified atom stereocenters. The summed E-state index contributed by atoms with van der Waals surface area (Å²) >= 11 is 1.79. The van der Waals surface area contributed by atoms with Crippen molar-refractivity contribution < 1.29 is 0 Å². The Morgan fingerprint density at radius 1 is 1.08 bits per heavy atom. The number of hydrogen-bond acceptors (Lipinski definition) is 4. The normalized spacial score (nSPS) is 15.7. The maximum Gasteiger partial charge on any atom is 0.163 e. The zero-order valence-electron chi connectivity index (χ0n) is 14.1.